The van der Waals surface area contributed by atoms with Crippen molar-refractivity contribution in [2.75, 3.05) is 13.2 Å². The summed E-state index contributed by atoms with van der Waals surface area (Å²) in [6, 6.07) is 13.0. The summed E-state index contributed by atoms with van der Waals surface area (Å²) in [5, 5.41) is 16.9. The molecule has 0 saturated carbocycles. The minimum atomic E-state index is -0.988. The largest absolute Gasteiger partial charge is 0.490 e. The van der Waals surface area contributed by atoms with E-state index in [0.29, 0.717) is 17.1 Å². The lowest BCUT2D eigenvalue weighted by molar-refractivity contribution is -0.138. The van der Waals surface area contributed by atoms with Gasteiger partial charge in [-0.25, -0.2) is 9.59 Å². The number of hydrogen-bond donors (Lipinski definition) is 1. The molecule has 0 aromatic heterocycles. The van der Waals surface area contributed by atoms with Gasteiger partial charge < -0.3 is 14.6 Å². The highest BCUT2D eigenvalue weighted by molar-refractivity contribution is 5.87. The molecule has 7 heteroatoms. The average Bonchev–Trinajstić information content (AvgIpc) is 2.64. The maximum atomic E-state index is 10.9. The van der Waals surface area contributed by atoms with E-state index in [-0.39, 0.29) is 18.8 Å². The Bertz CT molecular complexity index is 767. The maximum absolute atomic E-state index is 10.9. The molecule has 0 saturated heterocycles. The number of esters is 1. The SMILES string of the molecule is C=CC(=O)OCCOc1ccc(N=Nc2ccc(C(=O)O)cc2)cc1. The van der Waals surface area contributed by atoms with Crippen molar-refractivity contribution in [3.8, 4) is 5.75 Å². The van der Waals surface area contributed by atoms with Gasteiger partial charge in [-0.15, -0.1) is 0 Å². The number of azo groups is 1. The summed E-state index contributed by atoms with van der Waals surface area (Å²) in [6.07, 6.45) is 1.09. The Labute approximate surface area is 144 Å². The van der Waals surface area contributed by atoms with Gasteiger partial charge in [0.2, 0.25) is 0 Å². The highest BCUT2D eigenvalue weighted by Gasteiger charge is 2.01. The predicted octanol–water partition coefficient (Wildman–Crippen LogP) is 3.91. The Morgan fingerprint density at radius 1 is 0.960 bits per heavy atom. The monoisotopic (exact) mass is 340 g/mol. The second-order valence-corrected chi connectivity index (χ2v) is 4.77. The number of carboxylic acids is 1. The van der Waals surface area contributed by atoms with E-state index in [1.165, 1.54) is 12.1 Å². The quantitative estimate of drug-likeness (QED) is 0.340. The fourth-order valence-electron chi connectivity index (χ4n) is 1.76. The van der Waals surface area contributed by atoms with Gasteiger partial charge >= 0.3 is 11.9 Å². The van der Waals surface area contributed by atoms with Gasteiger partial charge in [-0.1, -0.05) is 6.58 Å². The van der Waals surface area contributed by atoms with E-state index in [0.717, 1.165) is 6.08 Å². The first kappa shape index (κ1) is 17.9. The van der Waals surface area contributed by atoms with Gasteiger partial charge in [-0.2, -0.15) is 10.2 Å². The van der Waals surface area contributed by atoms with Crippen molar-refractivity contribution in [2.45, 2.75) is 0 Å². The van der Waals surface area contributed by atoms with Gasteiger partial charge in [0.25, 0.3) is 0 Å². The van der Waals surface area contributed by atoms with Gasteiger partial charge in [0.1, 0.15) is 19.0 Å². The number of hydrogen-bond acceptors (Lipinski definition) is 6. The van der Waals surface area contributed by atoms with Gasteiger partial charge in [-0.05, 0) is 48.5 Å². The molecule has 0 aliphatic rings. The molecule has 0 spiro atoms. The van der Waals surface area contributed by atoms with Crippen molar-refractivity contribution < 1.29 is 24.2 Å². The number of nitrogens with zero attached hydrogens (tertiary/aromatic N) is 2. The normalized spacial score (nSPS) is 10.4. The molecule has 0 aliphatic carbocycles. The Hall–Kier alpha value is -3.48. The molecule has 2 aromatic rings. The number of aromatic carboxylic acids is 1. The molecule has 0 bridgehead atoms. The smallest absolute Gasteiger partial charge is 0.335 e. The van der Waals surface area contributed by atoms with E-state index in [9.17, 15) is 9.59 Å². The van der Waals surface area contributed by atoms with Crippen molar-refractivity contribution >= 4 is 23.3 Å². The molecular formula is C18H16N2O5. The number of carbonyl (C=O) groups excluding carboxylic acids is 1. The number of ether oxygens (including phenoxy) is 2. The Morgan fingerprint density at radius 2 is 1.52 bits per heavy atom. The van der Waals surface area contributed by atoms with E-state index in [2.05, 4.69) is 16.8 Å². The van der Waals surface area contributed by atoms with Crippen LogP contribution in [0.3, 0.4) is 0 Å². The van der Waals surface area contributed by atoms with Crippen LogP contribution in [0.4, 0.5) is 11.4 Å². The summed E-state index contributed by atoms with van der Waals surface area (Å²) < 4.78 is 10.2. The van der Waals surface area contributed by atoms with Crippen LogP contribution >= 0.6 is 0 Å². The molecule has 2 rings (SSSR count). The van der Waals surface area contributed by atoms with Crippen molar-refractivity contribution in [3.63, 3.8) is 0 Å². The lowest BCUT2D eigenvalue weighted by atomic mass is 10.2. The summed E-state index contributed by atoms with van der Waals surface area (Å²) in [5.41, 5.74) is 1.36. The van der Waals surface area contributed by atoms with E-state index in [4.69, 9.17) is 14.6 Å². The zero-order valence-electron chi connectivity index (χ0n) is 13.3. The Kier molecular flexibility index (Phi) is 6.41. The van der Waals surface area contributed by atoms with Crippen LogP contribution in [0.25, 0.3) is 0 Å². The van der Waals surface area contributed by atoms with Crippen LogP contribution in [0.1, 0.15) is 10.4 Å². The Morgan fingerprint density at radius 3 is 2.04 bits per heavy atom. The molecule has 7 nitrogen and oxygen atoms in total. The van der Waals surface area contributed by atoms with E-state index in [1.54, 1.807) is 36.4 Å². The molecule has 2 aromatic carbocycles. The molecule has 0 radical (unpaired) electrons. The number of rotatable bonds is 8. The van der Waals surface area contributed by atoms with Gasteiger partial charge in [0.15, 0.2) is 0 Å². The molecular weight excluding hydrogens is 324 g/mol. The third-order valence-corrected chi connectivity index (χ3v) is 2.99. The van der Waals surface area contributed by atoms with Crippen molar-refractivity contribution in [3.05, 3.63) is 66.7 Å². The standard InChI is InChI=1S/C18H16N2O5/c1-2-17(21)25-12-11-24-16-9-7-15(8-10-16)20-19-14-5-3-13(4-6-14)18(22)23/h2-10H,1,11-12H2,(H,22,23). The second kappa shape index (κ2) is 8.97. The summed E-state index contributed by atoms with van der Waals surface area (Å²) in [4.78, 5) is 21.6. The fourth-order valence-corrected chi connectivity index (χ4v) is 1.76. The van der Waals surface area contributed by atoms with Gasteiger partial charge in [-0.3, -0.25) is 0 Å². The number of carboxylic acid groups (broad SMARTS) is 1. The van der Waals surface area contributed by atoms with Crippen LogP contribution in [0.15, 0.2) is 71.4 Å². The van der Waals surface area contributed by atoms with Crippen molar-refractivity contribution in [1.82, 2.24) is 0 Å². The summed E-state index contributed by atoms with van der Waals surface area (Å²) in [5.74, 6) is -0.867. The molecule has 25 heavy (non-hydrogen) atoms. The predicted molar refractivity (Wildman–Crippen MR) is 90.7 cm³/mol. The highest BCUT2D eigenvalue weighted by atomic mass is 16.6. The minimum Gasteiger partial charge on any atom is -0.490 e. The Balaban J connectivity index is 1.86. The zero-order chi connectivity index (χ0) is 18.1. The summed E-state index contributed by atoms with van der Waals surface area (Å²) >= 11 is 0. The fraction of sp³-hybridized carbons (Fsp3) is 0.111. The van der Waals surface area contributed by atoms with Crippen molar-refractivity contribution in [2.24, 2.45) is 10.2 Å². The first-order valence-corrected chi connectivity index (χ1v) is 7.35. The van der Waals surface area contributed by atoms with Crippen LogP contribution in [-0.4, -0.2) is 30.3 Å². The van der Waals surface area contributed by atoms with Gasteiger partial charge in [0.05, 0.1) is 16.9 Å². The van der Waals surface area contributed by atoms with Crippen molar-refractivity contribution in [1.29, 1.82) is 0 Å². The first-order valence-electron chi connectivity index (χ1n) is 7.35. The van der Waals surface area contributed by atoms with E-state index in [1.807, 2.05) is 0 Å². The van der Waals surface area contributed by atoms with Crippen LogP contribution in [0.5, 0.6) is 5.75 Å². The lowest BCUT2D eigenvalue weighted by Crippen LogP contribution is -2.09. The first-order chi connectivity index (χ1) is 12.1. The molecule has 0 amide bonds. The van der Waals surface area contributed by atoms with Crippen LogP contribution < -0.4 is 4.74 Å². The third-order valence-electron chi connectivity index (χ3n) is 2.99. The highest BCUT2D eigenvalue weighted by Crippen LogP contribution is 2.21. The topological polar surface area (TPSA) is 97.5 Å². The minimum absolute atomic E-state index is 0.138. The van der Waals surface area contributed by atoms with E-state index >= 15 is 0 Å². The second-order valence-electron chi connectivity index (χ2n) is 4.77. The zero-order valence-corrected chi connectivity index (χ0v) is 13.3. The average molecular weight is 340 g/mol. The third kappa shape index (κ3) is 5.91. The lowest BCUT2D eigenvalue weighted by Gasteiger charge is -2.06. The van der Waals surface area contributed by atoms with Crippen LogP contribution in [0, 0.1) is 0 Å². The number of benzene rings is 2. The van der Waals surface area contributed by atoms with Gasteiger partial charge in [0, 0.05) is 6.08 Å². The van der Waals surface area contributed by atoms with Crippen LogP contribution in [0.2, 0.25) is 0 Å². The molecule has 0 atom stereocenters. The number of carbonyl (C=O) groups is 2. The summed E-state index contributed by atoms with van der Waals surface area (Å²) in [7, 11) is 0. The molecule has 128 valence electrons. The van der Waals surface area contributed by atoms with Crippen LogP contribution in [-0.2, 0) is 9.53 Å². The molecule has 0 fully saturated rings. The molecule has 0 unspecified atom stereocenters. The van der Waals surface area contributed by atoms with E-state index < -0.39 is 11.9 Å². The molecule has 0 heterocycles. The molecule has 1 N–H and O–H groups in total. The maximum Gasteiger partial charge on any atom is 0.335 e. The molecule has 0 aliphatic heterocycles. The summed E-state index contributed by atoms with van der Waals surface area (Å²) in [6.45, 7) is 3.67.